The lowest BCUT2D eigenvalue weighted by Gasteiger charge is -2.31. The molecule has 1 aromatic heterocycles. The van der Waals surface area contributed by atoms with Crippen LogP contribution in [0.15, 0.2) is 61.2 Å². The van der Waals surface area contributed by atoms with E-state index in [4.69, 9.17) is 11.6 Å². The maximum absolute atomic E-state index is 13.3. The number of nitrogens with zero attached hydrogens (tertiary/aromatic N) is 4. The van der Waals surface area contributed by atoms with Crippen LogP contribution < -0.4 is 0 Å². The first-order chi connectivity index (χ1) is 13.4. The van der Waals surface area contributed by atoms with E-state index in [1.807, 2.05) is 67.4 Å². The molecule has 0 fully saturated rings. The molecule has 5 nitrogen and oxygen atoms in total. The fraction of sp³-hybridized carbons (Fsp3) is 0.318. The van der Waals surface area contributed by atoms with Crippen LogP contribution in [0.3, 0.4) is 0 Å². The van der Waals surface area contributed by atoms with Crippen LogP contribution in [0.1, 0.15) is 43.9 Å². The summed E-state index contributed by atoms with van der Waals surface area (Å²) in [4.78, 5) is 19.1. The third kappa shape index (κ3) is 4.25. The largest absolute Gasteiger partial charge is 0.338 e. The minimum absolute atomic E-state index is 0.0501. The molecule has 2 aromatic carbocycles. The van der Waals surface area contributed by atoms with Gasteiger partial charge in [-0.15, -0.1) is 0 Å². The Balaban J connectivity index is 1.79. The molecule has 0 aliphatic rings. The quantitative estimate of drug-likeness (QED) is 0.596. The van der Waals surface area contributed by atoms with E-state index in [1.54, 1.807) is 11.0 Å². The smallest absolute Gasteiger partial charge is 0.230 e. The van der Waals surface area contributed by atoms with Crippen LogP contribution in [0.4, 0.5) is 0 Å². The molecule has 3 rings (SSSR count). The molecule has 0 saturated heterocycles. The molecule has 0 radical (unpaired) electrons. The third-order valence-corrected chi connectivity index (χ3v) is 5.40. The number of halogens is 1. The van der Waals surface area contributed by atoms with Gasteiger partial charge >= 0.3 is 0 Å². The van der Waals surface area contributed by atoms with E-state index >= 15 is 0 Å². The average Bonchev–Trinajstić information content (AvgIpc) is 3.23. The lowest BCUT2D eigenvalue weighted by atomic mass is 9.86. The molecule has 0 aliphatic heterocycles. The van der Waals surface area contributed by atoms with E-state index < -0.39 is 0 Å². The van der Waals surface area contributed by atoms with E-state index in [2.05, 4.69) is 23.9 Å². The van der Waals surface area contributed by atoms with Gasteiger partial charge < -0.3 is 4.90 Å². The first-order valence-electron chi connectivity index (χ1n) is 9.35. The highest BCUT2D eigenvalue weighted by atomic mass is 35.5. The van der Waals surface area contributed by atoms with Crippen molar-refractivity contribution in [1.29, 1.82) is 0 Å². The number of hydrogen-bond acceptors (Lipinski definition) is 3. The summed E-state index contributed by atoms with van der Waals surface area (Å²) >= 11 is 6.01. The predicted molar refractivity (Wildman–Crippen MR) is 112 cm³/mol. The predicted octanol–water partition coefficient (Wildman–Crippen LogP) is 4.88. The molecule has 6 heteroatoms. The summed E-state index contributed by atoms with van der Waals surface area (Å²) in [5.74, 6) is 0.0716. The molecule has 3 aromatic rings. The topological polar surface area (TPSA) is 51.0 Å². The van der Waals surface area contributed by atoms with Crippen molar-refractivity contribution in [2.24, 2.45) is 5.92 Å². The number of aromatic nitrogens is 3. The Labute approximate surface area is 171 Å². The van der Waals surface area contributed by atoms with Crippen molar-refractivity contribution in [3.63, 3.8) is 0 Å². The van der Waals surface area contributed by atoms with Gasteiger partial charge in [0.05, 0.1) is 17.6 Å². The number of carbonyl (C=O) groups is 1. The van der Waals surface area contributed by atoms with Crippen molar-refractivity contribution >= 4 is 17.5 Å². The number of benzene rings is 2. The summed E-state index contributed by atoms with van der Waals surface area (Å²) in [6, 6.07) is 15.5. The van der Waals surface area contributed by atoms with Gasteiger partial charge in [-0.3, -0.25) is 4.79 Å². The molecule has 2 unspecified atom stereocenters. The van der Waals surface area contributed by atoms with Gasteiger partial charge in [0.2, 0.25) is 5.91 Å². The Morgan fingerprint density at radius 3 is 2.14 bits per heavy atom. The lowest BCUT2D eigenvalue weighted by molar-refractivity contribution is -0.134. The first kappa shape index (κ1) is 20.1. The Bertz CT molecular complexity index is 905. The van der Waals surface area contributed by atoms with Gasteiger partial charge in [-0.25, -0.2) is 9.67 Å². The zero-order chi connectivity index (χ0) is 20.3. The third-order valence-electron chi connectivity index (χ3n) is 5.15. The van der Waals surface area contributed by atoms with Crippen molar-refractivity contribution in [2.75, 3.05) is 7.05 Å². The number of likely N-dealkylation sites (N-methyl/N-ethyl adjacent to an activating group) is 1. The van der Waals surface area contributed by atoms with E-state index in [-0.39, 0.29) is 23.8 Å². The minimum atomic E-state index is -0.209. The second kappa shape index (κ2) is 8.57. The number of hydrogen-bond donors (Lipinski definition) is 0. The molecular weight excluding hydrogens is 372 g/mol. The summed E-state index contributed by atoms with van der Waals surface area (Å²) < 4.78 is 1.71. The van der Waals surface area contributed by atoms with E-state index in [0.717, 1.165) is 16.8 Å². The molecule has 2 atom stereocenters. The van der Waals surface area contributed by atoms with Crippen molar-refractivity contribution < 1.29 is 4.79 Å². The first-order valence-corrected chi connectivity index (χ1v) is 9.73. The summed E-state index contributed by atoms with van der Waals surface area (Å²) in [5.41, 5.74) is 2.99. The van der Waals surface area contributed by atoms with E-state index in [9.17, 15) is 4.79 Å². The fourth-order valence-electron chi connectivity index (χ4n) is 3.36. The standard InChI is InChI=1S/C22H25ClN4O/c1-15(2)21(18-5-9-19(23)10-6-18)22(28)26(4)16(3)17-7-11-20(12-8-17)27-14-24-13-25-27/h5-16,21H,1-4H3. The molecule has 146 valence electrons. The van der Waals surface area contributed by atoms with Gasteiger partial charge in [0.25, 0.3) is 0 Å². The summed E-state index contributed by atoms with van der Waals surface area (Å²) in [5, 5.41) is 4.81. The summed E-state index contributed by atoms with van der Waals surface area (Å²) in [6.07, 6.45) is 3.17. The molecule has 0 aliphatic carbocycles. The molecule has 1 amide bonds. The van der Waals surface area contributed by atoms with Crippen LogP contribution in [-0.2, 0) is 4.79 Å². The van der Waals surface area contributed by atoms with Crippen LogP contribution in [0.5, 0.6) is 0 Å². The van der Waals surface area contributed by atoms with Gasteiger partial charge in [-0.1, -0.05) is 49.7 Å². The number of amides is 1. The maximum atomic E-state index is 13.3. The van der Waals surface area contributed by atoms with Crippen LogP contribution in [0.25, 0.3) is 5.69 Å². The monoisotopic (exact) mass is 396 g/mol. The average molecular weight is 397 g/mol. The second-order valence-corrected chi connectivity index (χ2v) is 7.77. The lowest BCUT2D eigenvalue weighted by Crippen LogP contribution is -2.35. The van der Waals surface area contributed by atoms with Gasteiger partial charge in [-0.05, 0) is 48.2 Å². The van der Waals surface area contributed by atoms with Crippen molar-refractivity contribution in [2.45, 2.75) is 32.7 Å². The highest BCUT2D eigenvalue weighted by molar-refractivity contribution is 6.30. The van der Waals surface area contributed by atoms with Crippen LogP contribution in [-0.4, -0.2) is 32.6 Å². The molecule has 1 heterocycles. The minimum Gasteiger partial charge on any atom is -0.338 e. The van der Waals surface area contributed by atoms with Gasteiger partial charge in [0.15, 0.2) is 0 Å². The van der Waals surface area contributed by atoms with Crippen molar-refractivity contribution in [3.8, 4) is 5.69 Å². The Hall–Kier alpha value is -2.66. The fourth-order valence-corrected chi connectivity index (χ4v) is 3.49. The molecule has 0 bridgehead atoms. The van der Waals surface area contributed by atoms with Gasteiger partial charge in [-0.2, -0.15) is 5.10 Å². The molecule has 28 heavy (non-hydrogen) atoms. The van der Waals surface area contributed by atoms with Crippen molar-refractivity contribution in [1.82, 2.24) is 19.7 Å². The SMILES string of the molecule is CC(C)C(C(=O)N(C)C(C)c1ccc(-n2cncn2)cc1)c1ccc(Cl)cc1. The normalized spacial score (nSPS) is 13.4. The zero-order valence-corrected chi connectivity index (χ0v) is 17.3. The summed E-state index contributed by atoms with van der Waals surface area (Å²) in [6.45, 7) is 6.19. The van der Waals surface area contributed by atoms with Crippen LogP contribution in [0.2, 0.25) is 5.02 Å². The Morgan fingerprint density at radius 2 is 1.61 bits per heavy atom. The van der Waals surface area contributed by atoms with E-state index in [1.165, 1.54) is 6.33 Å². The maximum Gasteiger partial charge on any atom is 0.230 e. The highest BCUT2D eigenvalue weighted by Crippen LogP contribution is 2.31. The van der Waals surface area contributed by atoms with Gasteiger partial charge in [0, 0.05) is 12.1 Å². The Morgan fingerprint density at radius 1 is 1.00 bits per heavy atom. The van der Waals surface area contributed by atoms with Crippen LogP contribution >= 0.6 is 11.6 Å². The second-order valence-electron chi connectivity index (χ2n) is 7.33. The zero-order valence-electron chi connectivity index (χ0n) is 16.6. The van der Waals surface area contributed by atoms with Gasteiger partial charge in [0.1, 0.15) is 12.7 Å². The van der Waals surface area contributed by atoms with Crippen LogP contribution in [0, 0.1) is 5.92 Å². The Kier molecular flexibility index (Phi) is 6.15. The summed E-state index contributed by atoms with van der Waals surface area (Å²) in [7, 11) is 1.86. The van der Waals surface area contributed by atoms with Crippen molar-refractivity contribution in [3.05, 3.63) is 77.3 Å². The highest BCUT2D eigenvalue weighted by Gasteiger charge is 2.29. The molecule has 0 saturated carbocycles. The molecule has 0 spiro atoms. The number of rotatable bonds is 6. The molecule has 0 N–H and O–H groups in total. The molecular formula is C22H25ClN4O. The number of carbonyl (C=O) groups excluding carboxylic acids is 1. The van der Waals surface area contributed by atoms with E-state index in [0.29, 0.717) is 5.02 Å².